The number of carbonyl (C=O) groups is 1. The molecule has 1 fully saturated rings. The number of fused-ring (bicyclic) bond motifs is 2. The summed E-state index contributed by atoms with van der Waals surface area (Å²) in [5.41, 5.74) is 3.16. The van der Waals surface area contributed by atoms with Gasteiger partial charge in [0.25, 0.3) is 0 Å². The van der Waals surface area contributed by atoms with Gasteiger partial charge in [-0.25, -0.2) is 13.4 Å². The fraction of sp³-hybridized carbons (Fsp3) is 0.450. The maximum atomic E-state index is 12.3. The standard InChI is InChI=1S/C20H23N5O3S/c1-24-17-9-21-20(22-16-5-4-14-11-29(27,28)12-15(14)8-16)23-19(17)25(7-6-18(24)26)10-13-2-3-13/h4-5,8-9,13H,2-3,6-7,10-12H2,1H3,(H,21,22,23). The maximum absolute atomic E-state index is 12.3. The average molecular weight is 414 g/mol. The van der Waals surface area contributed by atoms with Gasteiger partial charge in [0.05, 0.1) is 17.7 Å². The lowest BCUT2D eigenvalue weighted by Crippen LogP contribution is -2.28. The number of rotatable bonds is 4. The molecule has 1 aromatic heterocycles. The van der Waals surface area contributed by atoms with Crippen LogP contribution in [-0.4, -0.2) is 44.4 Å². The molecule has 9 heteroatoms. The summed E-state index contributed by atoms with van der Waals surface area (Å²) < 4.78 is 23.7. The van der Waals surface area contributed by atoms with E-state index in [0.717, 1.165) is 34.9 Å². The van der Waals surface area contributed by atoms with E-state index in [-0.39, 0.29) is 17.4 Å². The topological polar surface area (TPSA) is 95.5 Å². The fourth-order valence-electron chi connectivity index (χ4n) is 3.96. The zero-order valence-corrected chi connectivity index (χ0v) is 17.1. The summed E-state index contributed by atoms with van der Waals surface area (Å²) >= 11 is 0. The van der Waals surface area contributed by atoms with Crippen LogP contribution in [0.1, 0.15) is 30.4 Å². The summed E-state index contributed by atoms with van der Waals surface area (Å²) in [7, 11) is -1.28. The SMILES string of the molecule is CN1C(=O)CCN(CC2CC2)c2nc(Nc3ccc4c(c3)CS(=O)(=O)C4)ncc21. The van der Waals surface area contributed by atoms with Crippen molar-refractivity contribution in [3.63, 3.8) is 0 Å². The Morgan fingerprint density at radius 3 is 2.79 bits per heavy atom. The number of carbonyl (C=O) groups excluding carboxylic acids is 1. The monoisotopic (exact) mass is 413 g/mol. The van der Waals surface area contributed by atoms with Gasteiger partial charge in [0, 0.05) is 32.2 Å². The van der Waals surface area contributed by atoms with Gasteiger partial charge in [-0.05, 0) is 42.0 Å². The molecule has 29 heavy (non-hydrogen) atoms. The van der Waals surface area contributed by atoms with E-state index >= 15 is 0 Å². The molecule has 0 unspecified atom stereocenters. The van der Waals surface area contributed by atoms with Crippen LogP contribution in [0.2, 0.25) is 0 Å². The number of anilines is 4. The molecule has 1 saturated carbocycles. The Kier molecular flexibility index (Phi) is 4.23. The predicted octanol–water partition coefficient (Wildman–Crippen LogP) is 2.23. The highest BCUT2D eigenvalue weighted by molar-refractivity contribution is 7.90. The van der Waals surface area contributed by atoms with Crippen LogP contribution < -0.4 is 15.1 Å². The van der Waals surface area contributed by atoms with Crippen LogP contribution in [0.3, 0.4) is 0 Å². The molecule has 0 saturated heterocycles. The van der Waals surface area contributed by atoms with E-state index in [4.69, 9.17) is 4.98 Å². The molecule has 0 spiro atoms. The first kappa shape index (κ1) is 18.4. The van der Waals surface area contributed by atoms with Crippen LogP contribution in [0.4, 0.5) is 23.1 Å². The van der Waals surface area contributed by atoms with Crippen LogP contribution >= 0.6 is 0 Å². The third-order valence-electron chi connectivity index (χ3n) is 5.77. The van der Waals surface area contributed by atoms with E-state index in [1.54, 1.807) is 18.1 Å². The van der Waals surface area contributed by atoms with Gasteiger partial charge in [-0.3, -0.25) is 4.79 Å². The highest BCUT2D eigenvalue weighted by Crippen LogP contribution is 2.36. The Labute approximate surface area is 169 Å². The molecule has 3 heterocycles. The van der Waals surface area contributed by atoms with Gasteiger partial charge in [-0.15, -0.1) is 0 Å². The first-order valence-electron chi connectivity index (χ1n) is 9.86. The van der Waals surface area contributed by atoms with Gasteiger partial charge in [0.1, 0.15) is 5.69 Å². The van der Waals surface area contributed by atoms with Gasteiger partial charge in [-0.1, -0.05) is 6.07 Å². The highest BCUT2D eigenvalue weighted by Gasteiger charge is 2.31. The van der Waals surface area contributed by atoms with Crippen molar-refractivity contribution >= 4 is 38.9 Å². The van der Waals surface area contributed by atoms with Crippen LogP contribution in [0.15, 0.2) is 24.4 Å². The summed E-state index contributed by atoms with van der Waals surface area (Å²) in [5, 5.41) is 3.20. The third-order valence-corrected chi connectivity index (χ3v) is 7.27. The van der Waals surface area contributed by atoms with Crippen molar-refractivity contribution < 1.29 is 13.2 Å². The van der Waals surface area contributed by atoms with Crippen molar-refractivity contribution in [2.75, 3.05) is 35.3 Å². The van der Waals surface area contributed by atoms with Crippen molar-refractivity contribution in [2.45, 2.75) is 30.8 Å². The molecule has 0 bridgehead atoms. The highest BCUT2D eigenvalue weighted by atomic mass is 32.2. The van der Waals surface area contributed by atoms with Crippen LogP contribution in [0, 0.1) is 5.92 Å². The van der Waals surface area contributed by atoms with E-state index in [9.17, 15) is 13.2 Å². The number of hydrogen-bond acceptors (Lipinski definition) is 7. The quantitative estimate of drug-likeness (QED) is 0.821. The minimum absolute atomic E-state index is 0.0636. The molecule has 1 aromatic carbocycles. The molecule has 0 radical (unpaired) electrons. The van der Waals surface area contributed by atoms with Gasteiger partial charge >= 0.3 is 0 Å². The van der Waals surface area contributed by atoms with E-state index in [2.05, 4.69) is 15.2 Å². The number of benzene rings is 1. The molecule has 3 aliphatic rings. The lowest BCUT2D eigenvalue weighted by atomic mass is 10.1. The van der Waals surface area contributed by atoms with E-state index in [0.29, 0.717) is 24.8 Å². The third kappa shape index (κ3) is 3.66. The molecule has 8 nitrogen and oxygen atoms in total. The van der Waals surface area contributed by atoms with Gasteiger partial charge in [0.15, 0.2) is 15.7 Å². The second-order valence-corrected chi connectivity index (χ2v) is 10.2. The Balaban J connectivity index is 1.45. The van der Waals surface area contributed by atoms with Gasteiger partial charge < -0.3 is 15.1 Å². The predicted molar refractivity (Wildman–Crippen MR) is 111 cm³/mol. The molecule has 152 valence electrons. The number of nitrogens with one attached hydrogen (secondary N) is 1. The van der Waals surface area contributed by atoms with E-state index in [1.807, 2.05) is 18.2 Å². The van der Waals surface area contributed by atoms with Crippen molar-refractivity contribution in [3.8, 4) is 0 Å². The van der Waals surface area contributed by atoms with Crippen LogP contribution in [0.5, 0.6) is 0 Å². The number of amides is 1. The lowest BCUT2D eigenvalue weighted by Gasteiger charge is -2.24. The number of hydrogen-bond donors (Lipinski definition) is 1. The molecule has 2 aliphatic heterocycles. The first-order chi connectivity index (χ1) is 13.9. The van der Waals surface area contributed by atoms with Crippen molar-refractivity contribution in [1.29, 1.82) is 0 Å². The Hall–Kier alpha value is -2.68. The largest absolute Gasteiger partial charge is 0.354 e. The number of sulfone groups is 1. The zero-order valence-electron chi connectivity index (χ0n) is 16.3. The van der Waals surface area contributed by atoms with E-state index in [1.165, 1.54) is 12.8 Å². The van der Waals surface area contributed by atoms with Gasteiger partial charge in [0.2, 0.25) is 11.9 Å². The molecule has 5 rings (SSSR count). The summed E-state index contributed by atoms with van der Waals surface area (Å²) in [5.74, 6) is 2.12. The Bertz CT molecular complexity index is 1100. The van der Waals surface area contributed by atoms with E-state index < -0.39 is 9.84 Å². The fourth-order valence-corrected chi connectivity index (χ4v) is 5.56. The molecule has 0 atom stereocenters. The minimum atomic E-state index is -3.04. The smallest absolute Gasteiger partial charge is 0.229 e. The van der Waals surface area contributed by atoms with Crippen molar-refractivity contribution in [2.24, 2.45) is 5.92 Å². The second kappa shape index (κ2) is 6.69. The number of aromatic nitrogens is 2. The van der Waals surface area contributed by atoms with Crippen molar-refractivity contribution in [3.05, 3.63) is 35.5 Å². The zero-order chi connectivity index (χ0) is 20.2. The first-order valence-corrected chi connectivity index (χ1v) is 11.7. The second-order valence-electron chi connectivity index (χ2n) is 8.14. The summed E-state index contributed by atoms with van der Waals surface area (Å²) in [6, 6.07) is 5.55. The normalized spacial score (nSPS) is 20.2. The number of nitrogens with zero attached hydrogens (tertiary/aromatic N) is 4. The average Bonchev–Trinajstić information content (AvgIpc) is 3.45. The van der Waals surface area contributed by atoms with Crippen LogP contribution in [0.25, 0.3) is 0 Å². The van der Waals surface area contributed by atoms with Crippen molar-refractivity contribution in [1.82, 2.24) is 9.97 Å². The van der Waals surface area contributed by atoms with Gasteiger partial charge in [-0.2, -0.15) is 4.98 Å². The molecular weight excluding hydrogens is 390 g/mol. The Morgan fingerprint density at radius 2 is 2.00 bits per heavy atom. The Morgan fingerprint density at radius 1 is 1.21 bits per heavy atom. The molecule has 1 aliphatic carbocycles. The summed E-state index contributed by atoms with van der Waals surface area (Å²) in [6.07, 6.45) is 4.60. The molecular formula is C20H23N5O3S. The summed E-state index contributed by atoms with van der Waals surface area (Å²) in [4.78, 5) is 25.3. The maximum Gasteiger partial charge on any atom is 0.229 e. The lowest BCUT2D eigenvalue weighted by molar-refractivity contribution is -0.118. The minimum Gasteiger partial charge on any atom is -0.354 e. The molecule has 2 aromatic rings. The summed E-state index contributed by atoms with van der Waals surface area (Å²) in [6.45, 7) is 1.56. The molecule has 1 N–H and O–H groups in total. The van der Waals surface area contributed by atoms with Crippen LogP contribution in [-0.2, 0) is 26.1 Å². The molecule has 1 amide bonds.